The summed E-state index contributed by atoms with van der Waals surface area (Å²) in [7, 11) is 0. The van der Waals surface area contributed by atoms with E-state index in [1.54, 1.807) is 11.3 Å². The molecule has 1 atom stereocenters. The summed E-state index contributed by atoms with van der Waals surface area (Å²) in [5.41, 5.74) is 1.12. The molecule has 0 bridgehead atoms. The number of rotatable bonds is 5. The molecule has 2 rings (SSSR count). The average Bonchev–Trinajstić information content (AvgIpc) is 2.75. The first kappa shape index (κ1) is 14.0. The highest BCUT2D eigenvalue weighted by atomic mass is 32.1. The lowest BCUT2D eigenvalue weighted by Gasteiger charge is -2.32. The van der Waals surface area contributed by atoms with Crippen molar-refractivity contribution in [3.63, 3.8) is 0 Å². The Balaban J connectivity index is 2.04. The van der Waals surface area contributed by atoms with Gasteiger partial charge in [0.2, 0.25) is 0 Å². The zero-order valence-electron chi connectivity index (χ0n) is 11.5. The van der Waals surface area contributed by atoms with Crippen molar-refractivity contribution in [1.29, 1.82) is 0 Å². The topological polar surface area (TPSA) is 36.4 Å². The van der Waals surface area contributed by atoms with Crippen LogP contribution in [0, 0.1) is 0 Å². The normalized spacial score (nSPS) is 21.4. The monoisotopic (exact) mass is 268 g/mol. The van der Waals surface area contributed by atoms with Crippen LogP contribution in [0.5, 0.6) is 0 Å². The van der Waals surface area contributed by atoms with Gasteiger partial charge in [0.1, 0.15) is 5.01 Å². The minimum atomic E-state index is 0.141. The number of nitrogens with zero attached hydrogens (tertiary/aromatic N) is 2. The van der Waals surface area contributed by atoms with E-state index in [0.717, 1.165) is 30.0 Å². The maximum absolute atomic E-state index is 9.37. The number of likely N-dealkylation sites (tertiary alicyclic amines) is 1. The lowest BCUT2D eigenvalue weighted by molar-refractivity contribution is 0.152. The van der Waals surface area contributed by atoms with E-state index in [-0.39, 0.29) is 6.61 Å². The Labute approximate surface area is 114 Å². The van der Waals surface area contributed by atoms with Crippen LogP contribution >= 0.6 is 11.3 Å². The largest absolute Gasteiger partial charge is 0.391 e. The van der Waals surface area contributed by atoms with Crippen LogP contribution in [0.1, 0.15) is 55.1 Å². The molecule has 1 aliphatic heterocycles. The lowest BCUT2D eigenvalue weighted by atomic mass is 10.0. The van der Waals surface area contributed by atoms with Crippen LogP contribution in [-0.2, 0) is 19.6 Å². The van der Waals surface area contributed by atoms with Crippen LogP contribution in [-0.4, -0.2) is 27.6 Å². The van der Waals surface area contributed by atoms with E-state index in [4.69, 9.17) is 4.98 Å². The third kappa shape index (κ3) is 3.31. The predicted molar refractivity (Wildman–Crippen MR) is 75.8 cm³/mol. The molecule has 0 aromatic carbocycles. The van der Waals surface area contributed by atoms with Crippen LogP contribution in [0.25, 0.3) is 0 Å². The van der Waals surface area contributed by atoms with Gasteiger partial charge in [0, 0.05) is 6.04 Å². The highest BCUT2D eigenvalue weighted by Crippen LogP contribution is 2.24. The summed E-state index contributed by atoms with van der Waals surface area (Å²) in [6, 6.07) is 0.676. The molecule has 1 aromatic heterocycles. The number of hydrogen-bond acceptors (Lipinski definition) is 4. The highest BCUT2D eigenvalue weighted by Gasteiger charge is 2.20. The average molecular weight is 268 g/mol. The molecule has 0 aliphatic carbocycles. The van der Waals surface area contributed by atoms with E-state index in [2.05, 4.69) is 18.7 Å². The highest BCUT2D eigenvalue weighted by molar-refractivity contribution is 7.11. The standard InChI is InChI=1S/C14H24N2OS/c1-3-6-12-13(10-17)18-14(15-12)9-16-8-5-4-7-11(16)2/h11,17H,3-10H2,1-2H3. The molecule has 1 saturated heterocycles. The SMILES string of the molecule is CCCc1nc(CN2CCCCC2C)sc1CO. The summed E-state index contributed by atoms with van der Waals surface area (Å²) in [6.45, 7) is 6.77. The van der Waals surface area contributed by atoms with Gasteiger partial charge in [-0.3, -0.25) is 4.90 Å². The van der Waals surface area contributed by atoms with Crippen LogP contribution in [0.15, 0.2) is 0 Å². The molecule has 1 unspecified atom stereocenters. The molecular weight excluding hydrogens is 244 g/mol. The van der Waals surface area contributed by atoms with Crippen LogP contribution in [0.2, 0.25) is 0 Å². The van der Waals surface area contributed by atoms with E-state index in [9.17, 15) is 5.11 Å². The van der Waals surface area contributed by atoms with Gasteiger partial charge in [0.25, 0.3) is 0 Å². The van der Waals surface area contributed by atoms with E-state index in [0.29, 0.717) is 6.04 Å². The van der Waals surface area contributed by atoms with Crippen molar-refractivity contribution >= 4 is 11.3 Å². The number of thiazole rings is 1. The van der Waals surface area contributed by atoms with Crippen molar-refractivity contribution in [3.8, 4) is 0 Å². The van der Waals surface area contributed by atoms with Gasteiger partial charge in [-0.15, -0.1) is 11.3 Å². The van der Waals surface area contributed by atoms with Gasteiger partial charge in [0.15, 0.2) is 0 Å². The first-order chi connectivity index (χ1) is 8.74. The quantitative estimate of drug-likeness (QED) is 0.892. The Bertz CT molecular complexity index is 378. The van der Waals surface area contributed by atoms with Crippen molar-refractivity contribution in [2.45, 2.75) is 65.1 Å². The molecule has 1 aliphatic rings. The summed E-state index contributed by atoms with van der Waals surface area (Å²) in [4.78, 5) is 8.31. The molecule has 4 heteroatoms. The first-order valence-corrected chi connectivity index (χ1v) is 7.88. The van der Waals surface area contributed by atoms with Gasteiger partial charge in [-0.05, 0) is 32.7 Å². The van der Waals surface area contributed by atoms with Gasteiger partial charge < -0.3 is 5.11 Å². The minimum absolute atomic E-state index is 0.141. The van der Waals surface area contributed by atoms with Crippen molar-refractivity contribution in [2.75, 3.05) is 6.54 Å². The van der Waals surface area contributed by atoms with E-state index in [1.165, 1.54) is 30.8 Å². The van der Waals surface area contributed by atoms with Gasteiger partial charge in [-0.25, -0.2) is 4.98 Å². The maximum atomic E-state index is 9.37. The third-order valence-electron chi connectivity index (χ3n) is 3.73. The molecule has 18 heavy (non-hydrogen) atoms. The van der Waals surface area contributed by atoms with Crippen molar-refractivity contribution in [3.05, 3.63) is 15.6 Å². The fourth-order valence-electron chi connectivity index (χ4n) is 2.63. The number of hydrogen-bond donors (Lipinski definition) is 1. The van der Waals surface area contributed by atoms with Crippen molar-refractivity contribution in [2.24, 2.45) is 0 Å². The van der Waals surface area contributed by atoms with Gasteiger partial charge in [-0.1, -0.05) is 19.8 Å². The molecule has 0 amide bonds. The molecular formula is C14H24N2OS. The Morgan fingerprint density at radius 3 is 2.94 bits per heavy atom. The Morgan fingerprint density at radius 1 is 1.44 bits per heavy atom. The number of aliphatic hydroxyl groups excluding tert-OH is 1. The molecule has 1 N–H and O–H groups in total. The second kappa shape index (κ2) is 6.64. The molecule has 1 aromatic rings. The van der Waals surface area contributed by atoms with E-state index in [1.807, 2.05) is 0 Å². The zero-order chi connectivity index (χ0) is 13.0. The summed E-state index contributed by atoms with van der Waals surface area (Å²) in [5, 5.41) is 10.6. The molecule has 0 spiro atoms. The number of aryl methyl sites for hydroxylation is 1. The number of piperidine rings is 1. The molecule has 1 fully saturated rings. The van der Waals surface area contributed by atoms with Gasteiger partial charge >= 0.3 is 0 Å². The molecule has 2 heterocycles. The molecule has 0 saturated carbocycles. The fraction of sp³-hybridized carbons (Fsp3) is 0.786. The Morgan fingerprint density at radius 2 is 2.28 bits per heavy atom. The second-order valence-corrected chi connectivity index (χ2v) is 6.37. The van der Waals surface area contributed by atoms with Crippen molar-refractivity contribution in [1.82, 2.24) is 9.88 Å². The summed E-state index contributed by atoms with van der Waals surface area (Å²) < 4.78 is 0. The first-order valence-electron chi connectivity index (χ1n) is 7.07. The van der Waals surface area contributed by atoms with Crippen LogP contribution < -0.4 is 0 Å². The molecule has 102 valence electrons. The second-order valence-electron chi connectivity index (χ2n) is 5.20. The van der Waals surface area contributed by atoms with Crippen LogP contribution in [0.3, 0.4) is 0 Å². The number of aromatic nitrogens is 1. The Kier molecular flexibility index (Phi) is 5.15. The maximum Gasteiger partial charge on any atom is 0.107 e. The third-order valence-corrected chi connectivity index (χ3v) is 4.80. The van der Waals surface area contributed by atoms with Gasteiger partial charge in [0.05, 0.1) is 23.7 Å². The smallest absolute Gasteiger partial charge is 0.107 e. The molecule has 3 nitrogen and oxygen atoms in total. The molecule has 0 radical (unpaired) electrons. The van der Waals surface area contributed by atoms with E-state index < -0.39 is 0 Å². The fourth-order valence-corrected chi connectivity index (χ4v) is 3.63. The number of aliphatic hydroxyl groups is 1. The summed E-state index contributed by atoms with van der Waals surface area (Å²) in [6.07, 6.45) is 6.06. The van der Waals surface area contributed by atoms with Crippen molar-refractivity contribution < 1.29 is 5.11 Å². The lowest BCUT2D eigenvalue weighted by Crippen LogP contribution is -2.36. The summed E-state index contributed by atoms with van der Waals surface area (Å²) >= 11 is 1.69. The minimum Gasteiger partial charge on any atom is -0.391 e. The van der Waals surface area contributed by atoms with Gasteiger partial charge in [-0.2, -0.15) is 0 Å². The Hall–Kier alpha value is -0.450. The zero-order valence-corrected chi connectivity index (χ0v) is 12.3. The van der Waals surface area contributed by atoms with E-state index >= 15 is 0 Å². The van der Waals surface area contributed by atoms with Crippen LogP contribution in [0.4, 0.5) is 0 Å². The predicted octanol–water partition coefficient (Wildman–Crippen LogP) is 2.96. The summed E-state index contributed by atoms with van der Waals surface area (Å²) in [5.74, 6) is 0.